The average Bonchev–Trinajstić information content (AvgIpc) is 2.34. The van der Waals surface area contributed by atoms with E-state index in [1.807, 2.05) is 0 Å². The van der Waals surface area contributed by atoms with Crippen LogP contribution in [0.25, 0.3) is 0 Å². The number of ether oxygens (including phenoxy) is 1. The largest absolute Gasteiger partial charge is 0.469 e. The summed E-state index contributed by atoms with van der Waals surface area (Å²) in [7, 11) is 1.33. The molecule has 6 nitrogen and oxygen atoms in total. The van der Waals surface area contributed by atoms with Gasteiger partial charge in [-0.05, 0) is 18.6 Å². The van der Waals surface area contributed by atoms with Crippen LogP contribution in [0, 0.1) is 0 Å². The molecule has 1 rings (SSSR count). The van der Waals surface area contributed by atoms with E-state index >= 15 is 0 Å². The Bertz CT molecular complexity index is 389. The highest BCUT2D eigenvalue weighted by molar-refractivity contribution is 5.92. The van der Waals surface area contributed by atoms with Gasteiger partial charge in [-0.1, -0.05) is 0 Å². The number of carbonyl (C=O) groups is 2. The zero-order valence-electron chi connectivity index (χ0n) is 9.60. The first kappa shape index (κ1) is 13.0. The molecular weight excluding hydrogens is 222 g/mol. The van der Waals surface area contributed by atoms with Gasteiger partial charge in [-0.3, -0.25) is 9.59 Å². The van der Waals surface area contributed by atoms with E-state index in [0.29, 0.717) is 24.3 Å². The molecule has 1 heterocycles. The number of hydrogen-bond acceptors (Lipinski definition) is 5. The number of hydrogen-bond donors (Lipinski definition) is 2. The van der Waals surface area contributed by atoms with Crippen LogP contribution < -0.4 is 11.1 Å². The van der Waals surface area contributed by atoms with Crippen LogP contribution in [0.15, 0.2) is 18.3 Å². The van der Waals surface area contributed by atoms with Crippen molar-refractivity contribution in [2.45, 2.75) is 12.8 Å². The zero-order valence-corrected chi connectivity index (χ0v) is 9.60. The molecule has 0 spiro atoms. The molecule has 6 heteroatoms. The summed E-state index contributed by atoms with van der Waals surface area (Å²) in [5.41, 5.74) is 6.26. The number of carbonyl (C=O) groups excluding carboxylic acids is 2. The number of nitrogens with one attached hydrogen (secondary N) is 1. The second kappa shape index (κ2) is 6.47. The van der Waals surface area contributed by atoms with Gasteiger partial charge in [0.05, 0.1) is 19.0 Å². The molecule has 0 aliphatic carbocycles. The summed E-state index contributed by atoms with van der Waals surface area (Å²) in [6.07, 6.45) is 2.24. The Morgan fingerprint density at radius 1 is 1.47 bits per heavy atom. The average molecular weight is 237 g/mol. The molecule has 0 fully saturated rings. The maximum Gasteiger partial charge on any atom is 0.305 e. The van der Waals surface area contributed by atoms with Crippen molar-refractivity contribution < 1.29 is 14.3 Å². The Morgan fingerprint density at radius 2 is 2.24 bits per heavy atom. The third kappa shape index (κ3) is 4.50. The lowest BCUT2D eigenvalue weighted by Crippen LogP contribution is -2.25. The molecule has 0 saturated carbocycles. The summed E-state index contributed by atoms with van der Waals surface area (Å²) in [5, 5.41) is 2.65. The fourth-order valence-electron chi connectivity index (χ4n) is 1.17. The summed E-state index contributed by atoms with van der Waals surface area (Å²) < 4.78 is 4.48. The predicted molar refractivity (Wildman–Crippen MR) is 62.2 cm³/mol. The summed E-state index contributed by atoms with van der Waals surface area (Å²) in [6.45, 7) is 0.403. The van der Waals surface area contributed by atoms with Crippen LogP contribution in [-0.4, -0.2) is 30.5 Å². The molecule has 1 aromatic rings. The molecule has 0 aromatic carbocycles. The van der Waals surface area contributed by atoms with E-state index in [1.54, 1.807) is 12.1 Å². The molecule has 0 saturated heterocycles. The maximum atomic E-state index is 11.5. The molecule has 3 N–H and O–H groups in total. The number of nitrogens with zero attached hydrogens (tertiary/aromatic N) is 1. The Balaban J connectivity index is 2.30. The van der Waals surface area contributed by atoms with Crippen LogP contribution in [0.1, 0.15) is 23.3 Å². The molecule has 0 aliphatic heterocycles. The van der Waals surface area contributed by atoms with Crippen LogP contribution in [0.4, 0.5) is 5.69 Å². The van der Waals surface area contributed by atoms with Crippen molar-refractivity contribution in [1.82, 2.24) is 10.3 Å². The number of methoxy groups -OCH3 is 1. The smallest absolute Gasteiger partial charge is 0.305 e. The molecule has 92 valence electrons. The second-order valence-corrected chi connectivity index (χ2v) is 3.41. The third-order valence-corrected chi connectivity index (χ3v) is 2.09. The van der Waals surface area contributed by atoms with Crippen molar-refractivity contribution in [2.24, 2.45) is 0 Å². The normalized spacial score (nSPS) is 9.71. The number of pyridine rings is 1. The quantitative estimate of drug-likeness (QED) is 0.569. The molecule has 0 unspecified atom stereocenters. The number of rotatable bonds is 5. The van der Waals surface area contributed by atoms with Crippen molar-refractivity contribution in [1.29, 1.82) is 0 Å². The highest BCUT2D eigenvalue weighted by Gasteiger charge is 2.06. The molecule has 17 heavy (non-hydrogen) atoms. The van der Waals surface area contributed by atoms with E-state index in [9.17, 15) is 9.59 Å². The fraction of sp³-hybridized carbons (Fsp3) is 0.364. The number of esters is 1. The third-order valence-electron chi connectivity index (χ3n) is 2.09. The zero-order chi connectivity index (χ0) is 12.7. The standard InChI is InChI=1S/C11H15N3O3/c1-17-10(15)3-2-6-13-11(16)9-5-4-8(12)7-14-9/h4-5,7H,2-3,6,12H2,1H3,(H,13,16). The first-order valence-electron chi connectivity index (χ1n) is 5.20. The Hall–Kier alpha value is -2.11. The minimum atomic E-state index is -0.287. The van der Waals surface area contributed by atoms with Gasteiger partial charge in [0.15, 0.2) is 0 Å². The van der Waals surface area contributed by atoms with Crippen LogP contribution >= 0.6 is 0 Å². The van der Waals surface area contributed by atoms with Crippen LogP contribution in [0.5, 0.6) is 0 Å². The van der Waals surface area contributed by atoms with Crippen molar-refractivity contribution in [3.63, 3.8) is 0 Å². The summed E-state index contributed by atoms with van der Waals surface area (Å²) in [4.78, 5) is 26.2. The maximum absolute atomic E-state index is 11.5. The lowest BCUT2D eigenvalue weighted by atomic mass is 10.3. The molecule has 1 amide bonds. The van der Waals surface area contributed by atoms with E-state index in [2.05, 4.69) is 15.0 Å². The monoisotopic (exact) mass is 237 g/mol. The van der Waals surface area contributed by atoms with E-state index in [-0.39, 0.29) is 18.3 Å². The van der Waals surface area contributed by atoms with Gasteiger partial charge in [-0.15, -0.1) is 0 Å². The lowest BCUT2D eigenvalue weighted by Gasteiger charge is -2.04. The number of amides is 1. The number of nitrogen functional groups attached to an aromatic ring is 1. The van der Waals surface area contributed by atoms with Crippen LogP contribution in [0.2, 0.25) is 0 Å². The summed E-state index contributed by atoms with van der Waals surface area (Å²) in [6, 6.07) is 3.15. The Kier molecular flexibility index (Phi) is 4.93. The van der Waals surface area contributed by atoms with E-state index in [0.717, 1.165) is 0 Å². The minimum Gasteiger partial charge on any atom is -0.469 e. The summed E-state index contributed by atoms with van der Waals surface area (Å²) in [5.74, 6) is -0.570. The Morgan fingerprint density at radius 3 is 2.82 bits per heavy atom. The van der Waals surface area contributed by atoms with Crippen LogP contribution in [-0.2, 0) is 9.53 Å². The van der Waals surface area contributed by atoms with Gasteiger partial charge < -0.3 is 15.8 Å². The van der Waals surface area contributed by atoms with Crippen molar-refractivity contribution in [3.05, 3.63) is 24.0 Å². The highest BCUT2D eigenvalue weighted by Crippen LogP contribution is 2.00. The fourth-order valence-corrected chi connectivity index (χ4v) is 1.17. The number of nitrogens with two attached hydrogens (primary N) is 1. The number of aromatic nitrogens is 1. The van der Waals surface area contributed by atoms with Crippen molar-refractivity contribution in [3.8, 4) is 0 Å². The molecule has 0 aliphatic rings. The van der Waals surface area contributed by atoms with Gasteiger partial charge in [0.1, 0.15) is 5.69 Å². The van der Waals surface area contributed by atoms with Crippen molar-refractivity contribution in [2.75, 3.05) is 19.4 Å². The van der Waals surface area contributed by atoms with Gasteiger partial charge >= 0.3 is 5.97 Å². The Labute approximate surface area is 99.2 Å². The van der Waals surface area contributed by atoms with Gasteiger partial charge in [0, 0.05) is 13.0 Å². The molecule has 0 atom stereocenters. The molecule has 1 aromatic heterocycles. The van der Waals surface area contributed by atoms with Gasteiger partial charge in [0.25, 0.3) is 5.91 Å². The van der Waals surface area contributed by atoms with Crippen molar-refractivity contribution >= 4 is 17.6 Å². The van der Waals surface area contributed by atoms with Gasteiger partial charge in [-0.2, -0.15) is 0 Å². The highest BCUT2D eigenvalue weighted by atomic mass is 16.5. The lowest BCUT2D eigenvalue weighted by molar-refractivity contribution is -0.140. The topological polar surface area (TPSA) is 94.3 Å². The predicted octanol–water partition coefficient (Wildman–Crippen LogP) is 0.347. The van der Waals surface area contributed by atoms with E-state index in [4.69, 9.17) is 5.73 Å². The SMILES string of the molecule is COC(=O)CCCNC(=O)c1ccc(N)cn1. The number of anilines is 1. The van der Waals surface area contributed by atoms with Gasteiger partial charge in [-0.25, -0.2) is 4.98 Å². The van der Waals surface area contributed by atoms with Gasteiger partial charge in [0.2, 0.25) is 0 Å². The molecule has 0 bridgehead atoms. The van der Waals surface area contributed by atoms with Crippen LogP contribution in [0.3, 0.4) is 0 Å². The first-order valence-corrected chi connectivity index (χ1v) is 5.20. The first-order chi connectivity index (χ1) is 8.13. The summed E-state index contributed by atoms with van der Waals surface area (Å²) >= 11 is 0. The van der Waals surface area contributed by atoms with E-state index < -0.39 is 0 Å². The molecular formula is C11H15N3O3. The second-order valence-electron chi connectivity index (χ2n) is 3.41. The van der Waals surface area contributed by atoms with E-state index in [1.165, 1.54) is 13.3 Å². The molecule has 0 radical (unpaired) electrons. The minimum absolute atomic E-state index is 0.283.